The van der Waals surface area contributed by atoms with E-state index in [4.69, 9.17) is 9.84 Å². The molecule has 0 spiro atoms. The summed E-state index contributed by atoms with van der Waals surface area (Å²) in [5.74, 6) is -1.27. The van der Waals surface area contributed by atoms with Crippen molar-refractivity contribution in [3.63, 3.8) is 0 Å². The van der Waals surface area contributed by atoms with Crippen LogP contribution in [0.2, 0.25) is 0 Å². The molecule has 1 aromatic heterocycles. The lowest BCUT2D eigenvalue weighted by molar-refractivity contribution is -0.142. The second-order valence-electron chi connectivity index (χ2n) is 4.32. The number of carboxylic acid groups (broad SMARTS) is 1. The van der Waals surface area contributed by atoms with E-state index >= 15 is 0 Å². The molecule has 0 radical (unpaired) electrons. The van der Waals surface area contributed by atoms with E-state index < -0.39 is 21.9 Å². The summed E-state index contributed by atoms with van der Waals surface area (Å²) in [5, 5.41) is 10.7. The third-order valence-electron chi connectivity index (χ3n) is 3.12. The molecular weight excluding hydrogens is 290 g/mol. The molecule has 1 aliphatic heterocycles. The van der Waals surface area contributed by atoms with Crippen LogP contribution in [0.25, 0.3) is 0 Å². The highest BCUT2D eigenvalue weighted by molar-refractivity contribution is 7.91. The van der Waals surface area contributed by atoms with E-state index in [1.807, 2.05) is 0 Å². The summed E-state index contributed by atoms with van der Waals surface area (Å²) in [5.41, 5.74) is 0. The highest BCUT2D eigenvalue weighted by Gasteiger charge is 2.35. The molecule has 106 valence electrons. The molecule has 1 aliphatic rings. The number of piperidine rings is 1. The molecule has 1 fully saturated rings. The first-order valence-electron chi connectivity index (χ1n) is 5.81. The number of aliphatic carboxylic acids is 1. The van der Waals surface area contributed by atoms with E-state index in [2.05, 4.69) is 0 Å². The number of hydrogen-bond donors (Lipinski definition) is 1. The van der Waals surface area contributed by atoms with Crippen LogP contribution < -0.4 is 4.74 Å². The highest BCUT2D eigenvalue weighted by atomic mass is 32.2. The SMILES string of the molecule is COc1ccsc1S(=O)(=O)N1CCCC(C(=O)O)C1. The summed E-state index contributed by atoms with van der Waals surface area (Å²) in [6, 6.07) is 1.59. The maximum atomic E-state index is 12.5. The van der Waals surface area contributed by atoms with Gasteiger partial charge in [-0.3, -0.25) is 4.79 Å². The molecule has 19 heavy (non-hydrogen) atoms. The summed E-state index contributed by atoms with van der Waals surface area (Å²) >= 11 is 1.08. The first kappa shape index (κ1) is 14.3. The molecule has 1 unspecified atom stereocenters. The number of nitrogens with zero attached hydrogens (tertiary/aromatic N) is 1. The van der Waals surface area contributed by atoms with Gasteiger partial charge >= 0.3 is 5.97 Å². The summed E-state index contributed by atoms with van der Waals surface area (Å²) < 4.78 is 31.3. The van der Waals surface area contributed by atoms with Gasteiger partial charge in [0.2, 0.25) is 0 Å². The van der Waals surface area contributed by atoms with Crippen LogP contribution in [0.5, 0.6) is 5.75 Å². The predicted octanol–water partition coefficient (Wildman–Crippen LogP) is 1.24. The van der Waals surface area contributed by atoms with Crippen LogP contribution in [0.15, 0.2) is 15.7 Å². The van der Waals surface area contributed by atoms with Crippen LogP contribution in [0.3, 0.4) is 0 Å². The summed E-state index contributed by atoms with van der Waals surface area (Å²) in [7, 11) is -2.25. The molecule has 0 amide bonds. The van der Waals surface area contributed by atoms with Crippen molar-refractivity contribution in [1.29, 1.82) is 0 Å². The van der Waals surface area contributed by atoms with Gasteiger partial charge in [-0.1, -0.05) is 0 Å². The Morgan fingerprint density at radius 3 is 2.95 bits per heavy atom. The molecule has 1 atom stereocenters. The van der Waals surface area contributed by atoms with E-state index in [1.54, 1.807) is 11.4 Å². The maximum Gasteiger partial charge on any atom is 0.307 e. The number of sulfonamides is 1. The molecule has 1 aromatic rings. The van der Waals surface area contributed by atoms with Crippen molar-refractivity contribution in [2.24, 2.45) is 5.92 Å². The smallest absolute Gasteiger partial charge is 0.307 e. The zero-order valence-electron chi connectivity index (χ0n) is 10.4. The fourth-order valence-electron chi connectivity index (χ4n) is 2.10. The van der Waals surface area contributed by atoms with Gasteiger partial charge in [0.05, 0.1) is 13.0 Å². The lowest BCUT2D eigenvalue weighted by Crippen LogP contribution is -2.42. The Morgan fingerprint density at radius 2 is 2.32 bits per heavy atom. The first-order valence-corrected chi connectivity index (χ1v) is 8.13. The topological polar surface area (TPSA) is 83.9 Å². The van der Waals surface area contributed by atoms with E-state index in [0.717, 1.165) is 11.3 Å². The van der Waals surface area contributed by atoms with Crippen LogP contribution in [0.4, 0.5) is 0 Å². The van der Waals surface area contributed by atoms with Crippen molar-refractivity contribution >= 4 is 27.3 Å². The molecule has 8 heteroatoms. The molecule has 0 saturated carbocycles. The van der Waals surface area contributed by atoms with Crippen molar-refractivity contribution in [2.75, 3.05) is 20.2 Å². The Morgan fingerprint density at radius 1 is 1.58 bits per heavy atom. The normalized spacial score (nSPS) is 21.2. The lowest BCUT2D eigenvalue weighted by atomic mass is 10.0. The van der Waals surface area contributed by atoms with Crippen LogP contribution in [-0.4, -0.2) is 44.0 Å². The number of carboxylic acids is 1. The Kier molecular flexibility index (Phi) is 4.12. The minimum absolute atomic E-state index is 0.0265. The fraction of sp³-hybridized carbons (Fsp3) is 0.545. The minimum Gasteiger partial charge on any atom is -0.494 e. The van der Waals surface area contributed by atoms with Gasteiger partial charge in [0.25, 0.3) is 10.0 Å². The van der Waals surface area contributed by atoms with Gasteiger partial charge < -0.3 is 9.84 Å². The minimum atomic E-state index is -3.66. The number of methoxy groups -OCH3 is 1. The van der Waals surface area contributed by atoms with E-state index in [1.165, 1.54) is 11.4 Å². The van der Waals surface area contributed by atoms with Gasteiger partial charge in [-0.25, -0.2) is 8.42 Å². The number of carbonyl (C=O) groups is 1. The molecular formula is C11H15NO5S2. The third-order valence-corrected chi connectivity index (χ3v) is 6.41. The lowest BCUT2D eigenvalue weighted by Gasteiger charge is -2.29. The predicted molar refractivity (Wildman–Crippen MR) is 70.0 cm³/mol. The molecule has 0 bridgehead atoms. The quantitative estimate of drug-likeness (QED) is 0.905. The Bertz CT molecular complexity index is 565. The highest BCUT2D eigenvalue weighted by Crippen LogP contribution is 2.33. The molecule has 2 rings (SSSR count). The number of ether oxygens (including phenoxy) is 1. The monoisotopic (exact) mass is 305 g/mol. The van der Waals surface area contributed by atoms with Crippen molar-refractivity contribution in [1.82, 2.24) is 4.31 Å². The van der Waals surface area contributed by atoms with Crippen LogP contribution >= 0.6 is 11.3 Å². The average molecular weight is 305 g/mol. The largest absolute Gasteiger partial charge is 0.494 e. The number of thiophene rings is 1. The van der Waals surface area contributed by atoms with Crippen molar-refractivity contribution < 1.29 is 23.1 Å². The summed E-state index contributed by atoms with van der Waals surface area (Å²) in [6.07, 6.45) is 1.08. The Labute approximate surface area is 115 Å². The van der Waals surface area contributed by atoms with E-state index in [9.17, 15) is 13.2 Å². The standard InChI is InChI=1S/C11H15NO5S2/c1-17-9-4-6-18-11(9)19(15,16)12-5-2-3-8(7-12)10(13)14/h4,6,8H,2-3,5,7H2,1H3,(H,13,14). The van der Waals surface area contributed by atoms with Gasteiger partial charge in [-0.05, 0) is 24.3 Å². The molecule has 6 nitrogen and oxygen atoms in total. The summed E-state index contributed by atoms with van der Waals surface area (Å²) in [4.78, 5) is 11.0. The van der Waals surface area contributed by atoms with E-state index in [0.29, 0.717) is 25.1 Å². The van der Waals surface area contributed by atoms with Crippen molar-refractivity contribution in [3.8, 4) is 5.75 Å². The second-order valence-corrected chi connectivity index (χ2v) is 7.37. The van der Waals surface area contributed by atoms with E-state index in [-0.39, 0.29) is 10.8 Å². The molecule has 2 heterocycles. The van der Waals surface area contributed by atoms with Gasteiger partial charge in [-0.2, -0.15) is 4.31 Å². The van der Waals surface area contributed by atoms with Crippen molar-refractivity contribution in [3.05, 3.63) is 11.4 Å². The first-order chi connectivity index (χ1) is 8.96. The average Bonchev–Trinajstić information content (AvgIpc) is 2.88. The number of hydrogen-bond acceptors (Lipinski definition) is 5. The van der Waals surface area contributed by atoms with Crippen LogP contribution in [-0.2, 0) is 14.8 Å². The zero-order chi connectivity index (χ0) is 14.0. The molecule has 1 saturated heterocycles. The van der Waals surface area contributed by atoms with Crippen molar-refractivity contribution in [2.45, 2.75) is 17.1 Å². The maximum absolute atomic E-state index is 12.5. The fourth-order valence-corrected chi connectivity index (χ4v) is 5.04. The Balaban J connectivity index is 2.27. The van der Waals surface area contributed by atoms with Gasteiger partial charge in [0.15, 0.2) is 4.21 Å². The zero-order valence-corrected chi connectivity index (χ0v) is 12.0. The second kappa shape index (κ2) is 5.48. The molecule has 1 N–H and O–H groups in total. The Hall–Kier alpha value is -1.12. The van der Waals surface area contributed by atoms with Crippen LogP contribution in [0.1, 0.15) is 12.8 Å². The molecule has 0 aliphatic carbocycles. The third kappa shape index (κ3) is 2.75. The van der Waals surface area contributed by atoms with Gasteiger partial charge in [0, 0.05) is 13.1 Å². The van der Waals surface area contributed by atoms with Crippen LogP contribution in [0, 0.1) is 5.92 Å². The summed E-state index contributed by atoms with van der Waals surface area (Å²) in [6.45, 7) is 0.381. The number of rotatable bonds is 4. The molecule has 0 aromatic carbocycles. The van der Waals surface area contributed by atoms with Gasteiger partial charge in [0.1, 0.15) is 5.75 Å². The van der Waals surface area contributed by atoms with Gasteiger partial charge in [-0.15, -0.1) is 11.3 Å².